The number of rotatable bonds is 3. The number of morpholine rings is 1. The topological polar surface area (TPSA) is 38.5 Å². The predicted octanol–water partition coefficient (Wildman–Crippen LogP) is 2.86. The maximum atomic E-state index is 6.13. The molecule has 1 heterocycles. The minimum Gasteiger partial charge on any atom is -0.374 e. The van der Waals surface area contributed by atoms with Crippen LogP contribution in [0.1, 0.15) is 24.4 Å². The van der Waals surface area contributed by atoms with E-state index < -0.39 is 0 Å². The van der Waals surface area contributed by atoms with Crippen molar-refractivity contribution in [2.45, 2.75) is 31.0 Å². The molecule has 3 rings (SSSR count). The molecule has 0 bridgehead atoms. The Hall–Kier alpha value is -0.320. The Kier molecular flexibility index (Phi) is 4.01. The smallest absolute Gasteiger partial charge is 0.0894 e. The molecule has 5 heteroatoms. The first kappa shape index (κ1) is 13.7. The molecule has 0 aromatic heterocycles. The summed E-state index contributed by atoms with van der Waals surface area (Å²) in [7, 11) is 0. The van der Waals surface area contributed by atoms with Gasteiger partial charge in [0.1, 0.15) is 0 Å². The first-order chi connectivity index (χ1) is 9.19. The van der Waals surface area contributed by atoms with E-state index in [2.05, 4.69) is 4.90 Å². The van der Waals surface area contributed by atoms with Crippen LogP contribution in [-0.4, -0.2) is 36.7 Å². The summed E-state index contributed by atoms with van der Waals surface area (Å²) in [6.07, 6.45) is 2.55. The highest BCUT2D eigenvalue weighted by molar-refractivity contribution is 6.34. The molecule has 1 saturated carbocycles. The summed E-state index contributed by atoms with van der Waals surface area (Å²) >= 11 is 12.3. The SMILES string of the molecule is NCC1OCCN(C2CC2)C1c1cc(Cl)cc(Cl)c1. The summed E-state index contributed by atoms with van der Waals surface area (Å²) in [6, 6.07) is 6.55. The summed E-state index contributed by atoms with van der Waals surface area (Å²) in [5, 5.41) is 1.33. The van der Waals surface area contributed by atoms with Crippen molar-refractivity contribution in [2.75, 3.05) is 19.7 Å². The van der Waals surface area contributed by atoms with Crippen molar-refractivity contribution in [1.29, 1.82) is 0 Å². The van der Waals surface area contributed by atoms with Gasteiger partial charge in [0.15, 0.2) is 0 Å². The van der Waals surface area contributed by atoms with E-state index in [4.69, 9.17) is 33.7 Å². The highest BCUT2D eigenvalue weighted by atomic mass is 35.5. The fraction of sp³-hybridized carbons (Fsp3) is 0.571. The second kappa shape index (κ2) is 5.58. The summed E-state index contributed by atoms with van der Waals surface area (Å²) in [4.78, 5) is 2.50. The number of nitrogens with two attached hydrogens (primary N) is 1. The van der Waals surface area contributed by atoms with Crippen LogP contribution >= 0.6 is 23.2 Å². The predicted molar refractivity (Wildman–Crippen MR) is 77.7 cm³/mol. The van der Waals surface area contributed by atoms with E-state index in [-0.39, 0.29) is 12.1 Å². The van der Waals surface area contributed by atoms with Gasteiger partial charge in [0.05, 0.1) is 18.8 Å². The van der Waals surface area contributed by atoms with Crippen molar-refractivity contribution in [1.82, 2.24) is 4.90 Å². The average molecular weight is 301 g/mol. The van der Waals surface area contributed by atoms with E-state index in [1.54, 1.807) is 6.07 Å². The van der Waals surface area contributed by atoms with Gasteiger partial charge in [-0.15, -0.1) is 0 Å². The number of nitrogens with zero attached hydrogens (tertiary/aromatic N) is 1. The molecule has 1 aromatic rings. The van der Waals surface area contributed by atoms with Crippen LogP contribution in [0.4, 0.5) is 0 Å². The number of hydrogen-bond acceptors (Lipinski definition) is 3. The summed E-state index contributed by atoms with van der Waals surface area (Å²) in [6.45, 7) is 2.22. The summed E-state index contributed by atoms with van der Waals surface area (Å²) in [5.41, 5.74) is 6.98. The molecule has 1 aromatic carbocycles. The second-order valence-electron chi connectivity index (χ2n) is 5.26. The third-order valence-electron chi connectivity index (χ3n) is 3.87. The largest absolute Gasteiger partial charge is 0.374 e. The Morgan fingerprint density at radius 1 is 1.21 bits per heavy atom. The van der Waals surface area contributed by atoms with Crippen LogP contribution in [0.3, 0.4) is 0 Å². The molecule has 2 N–H and O–H groups in total. The van der Waals surface area contributed by atoms with E-state index in [0.717, 1.165) is 18.7 Å². The molecule has 1 aliphatic heterocycles. The Morgan fingerprint density at radius 2 is 1.89 bits per heavy atom. The lowest BCUT2D eigenvalue weighted by Gasteiger charge is -2.41. The Bertz CT molecular complexity index is 445. The molecule has 1 saturated heterocycles. The van der Waals surface area contributed by atoms with Gasteiger partial charge in [-0.05, 0) is 36.6 Å². The van der Waals surface area contributed by atoms with Crippen LogP contribution in [-0.2, 0) is 4.74 Å². The van der Waals surface area contributed by atoms with Crippen molar-refractivity contribution in [2.24, 2.45) is 5.73 Å². The van der Waals surface area contributed by atoms with Gasteiger partial charge in [-0.1, -0.05) is 23.2 Å². The van der Waals surface area contributed by atoms with E-state index in [9.17, 15) is 0 Å². The van der Waals surface area contributed by atoms with Crippen LogP contribution in [0, 0.1) is 0 Å². The summed E-state index contributed by atoms with van der Waals surface area (Å²) < 4.78 is 5.83. The van der Waals surface area contributed by atoms with Crippen molar-refractivity contribution >= 4 is 23.2 Å². The highest BCUT2D eigenvalue weighted by Crippen LogP contribution is 2.39. The third kappa shape index (κ3) is 2.91. The quantitative estimate of drug-likeness (QED) is 0.933. The normalized spacial score (nSPS) is 28.6. The molecule has 3 nitrogen and oxygen atoms in total. The highest BCUT2D eigenvalue weighted by Gasteiger charge is 2.40. The standard InChI is InChI=1S/C14H18Cl2N2O/c15-10-5-9(6-11(16)7-10)14-13(8-17)19-4-3-18(14)12-1-2-12/h5-7,12-14H,1-4,8,17H2. The fourth-order valence-electron chi connectivity index (χ4n) is 2.92. The van der Waals surface area contributed by atoms with E-state index in [1.807, 2.05) is 12.1 Å². The van der Waals surface area contributed by atoms with Gasteiger partial charge in [-0.2, -0.15) is 0 Å². The molecule has 2 aliphatic rings. The lowest BCUT2D eigenvalue weighted by molar-refractivity contribution is -0.0712. The monoisotopic (exact) mass is 300 g/mol. The number of ether oxygens (including phenoxy) is 1. The van der Waals surface area contributed by atoms with Crippen molar-refractivity contribution in [3.63, 3.8) is 0 Å². The zero-order valence-electron chi connectivity index (χ0n) is 10.7. The zero-order valence-corrected chi connectivity index (χ0v) is 12.2. The Balaban J connectivity index is 1.95. The van der Waals surface area contributed by atoms with Gasteiger partial charge in [0.25, 0.3) is 0 Å². The van der Waals surface area contributed by atoms with Crippen LogP contribution in [0.15, 0.2) is 18.2 Å². The Labute approximate surface area is 123 Å². The zero-order chi connectivity index (χ0) is 13.4. The van der Waals surface area contributed by atoms with E-state index in [1.165, 1.54) is 12.8 Å². The van der Waals surface area contributed by atoms with Gasteiger partial charge < -0.3 is 10.5 Å². The molecule has 104 valence electrons. The molecular weight excluding hydrogens is 283 g/mol. The maximum Gasteiger partial charge on any atom is 0.0894 e. The molecule has 0 spiro atoms. The van der Waals surface area contributed by atoms with Crippen molar-refractivity contribution < 1.29 is 4.74 Å². The van der Waals surface area contributed by atoms with Gasteiger partial charge in [-0.25, -0.2) is 0 Å². The average Bonchev–Trinajstić information content (AvgIpc) is 3.20. The van der Waals surface area contributed by atoms with Crippen LogP contribution in [0.25, 0.3) is 0 Å². The van der Waals surface area contributed by atoms with Gasteiger partial charge in [0.2, 0.25) is 0 Å². The van der Waals surface area contributed by atoms with Crippen LogP contribution in [0.5, 0.6) is 0 Å². The van der Waals surface area contributed by atoms with Crippen molar-refractivity contribution in [3.8, 4) is 0 Å². The molecule has 2 unspecified atom stereocenters. The molecule has 1 aliphatic carbocycles. The molecule has 0 amide bonds. The van der Waals surface area contributed by atoms with E-state index >= 15 is 0 Å². The number of hydrogen-bond donors (Lipinski definition) is 1. The minimum atomic E-state index is 0.0175. The summed E-state index contributed by atoms with van der Waals surface area (Å²) in [5.74, 6) is 0. The Morgan fingerprint density at radius 3 is 2.47 bits per heavy atom. The third-order valence-corrected chi connectivity index (χ3v) is 4.30. The van der Waals surface area contributed by atoms with Gasteiger partial charge in [0, 0.05) is 29.2 Å². The lowest BCUT2D eigenvalue weighted by atomic mass is 9.97. The van der Waals surface area contributed by atoms with Crippen molar-refractivity contribution in [3.05, 3.63) is 33.8 Å². The van der Waals surface area contributed by atoms with Gasteiger partial charge in [-0.3, -0.25) is 4.90 Å². The minimum absolute atomic E-state index is 0.0175. The number of benzene rings is 1. The van der Waals surface area contributed by atoms with Crippen LogP contribution in [0.2, 0.25) is 10.0 Å². The first-order valence-corrected chi connectivity index (χ1v) is 7.48. The lowest BCUT2D eigenvalue weighted by Crippen LogP contribution is -2.49. The van der Waals surface area contributed by atoms with Gasteiger partial charge >= 0.3 is 0 Å². The maximum absolute atomic E-state index is 6.13. The van der Waals surface area contributed by atoms with E-state index in [0.29, 0.717) is 22.6 Å². The number of halogens is 2. The molecular formula is C14H18Cl2N2O. The molecule has 19 heavy (non-hydrogen) atoms. The second-order valence-corrected chi connectivity index (χ2v) is 6.13. The first-order valence-electron chi connectivity index (χ1n) is 6.72. The molecule has 0 radical (unpaired) electrons. The van der Waals surface area contributed by atoms with Crippen LogP contribution < -0.4 is 5.73 Å². The molecule has 2 fully saturated rings. The molecule has 2 atom stereocenters. The fourth-order valence-corrected chi connectivity index (χ4v) is 3.46.